The lowest BCUT2D eigenvalue weighted by atomic mass is 9.97. The van der Waals surface area contributed by atoms with E-state index >= 15 is 0 Å². The number of nitrogens with zero attached hydrogens (tertiary/aromatic N) is 2. The normalized spacial score (nSPS) is 14.5. The van der Waals surface area contributed by atoms with Crippen molar-refractivity contribution >= 4 is 17.6 Å². The summed E-state index contributed by atoms with van der Waals surface area (Å²) in [6, 6.07) is 23.9. The van der Waals surface area contributed by atoms with E-state index in [2.05, 4.69) is 46.7 Å². The van der Waals surface area contributed by atoms with Crippen molar-refractivity contribution in [1.82, 2.24) is 10.3 Å². The summed E-state index contributed by atoms with van der Waals surface area (Å²) in [4.78, 5) is 15.0. The maximum Gasteiger partial charge on any atom is 0.306 e. The summed E-state index contributed by atoms with van der Waals surface area (Å²) in [5.41, 5.74) is 6.63. The average Bonchev–Trinajstić information content (AvgIpc) is 3.40. The second kappa shape index (κ2) is 13.5. The van der Waals surface area contributed by atoms with Crippen molar-refractivity contribution in [3.63, 3.8) is 0 Å². The Bertz CT molecular complexity index is 1610. The van der Waals surface area contributed by atoms with Gasteiger partial charge in [-0.1, -0.05) is 60.1 Å². The fourth-order valence-electron chi connectivity index (χ4n) is 5.15. The number of aliphatic hydroxyl groups excluding tert-OH is 1. The number of benzene rings is 3. The van der Waals surface area contributed by atoms with Gasteiger partial charge in [-0.15, -0.1) is 0 Å². The standard InChI is InChI=1S/C33H30ClN3O5/c34-29-12-24(18-37-19-25(38)13-33(39)40)31(41-20-22-11-21(15-35)16-36-17-22)14-32(29)42-30-10-9-27-26(7-4-8-28(27)30)23-5-2-1-3-6-23/h1-8,11-12,14,16-17,25,30,37-38H,9-10,13,18-20H2,(H,39,40)/t25-,30+/m0/s1. The molecule has 5 rings (SSSR count). The summed E-state index contributed by atoms with van der Waals surface area (Å²) in [5, 5.41) is 31.6. The third-order valence-electron chi connectivity index (χ3n) is 7.11. The number of hydrogen-bond acceptors (Lipinski definition) is 7. The van der Waals surface area contributed by atoms with Gasteiger partial charge in [0.1, 0.15) is 30.3 Å². The first-order valence-electron chi connectivity index (χ1n) is 13.6. The molecule has 0 unspecified atom stereocenters. The van der Waals surface area contributed by atoms with Gasteiger partial charge in [-0.25, -0.2) is 0 Å². The van der Waals surface area contributed by atoms with Gasteiger partial charge in [-0.2, -0.15) is 5.26 Å². The molecule has 0 bridgehead atoms. The number of aliphatic carboxylic acids is 1. The molecule has 4 aromatic rings. The number of hydrogen-bond donors (Lipinski definition) is 3. The lowest BCUT2D eigenvalue weighted by Gasteiger charge is -2.20. The number of aliphatic hydroxyl groups is 1. The molecular formula is C33H30ClN3O5. The third-order valence-corrected chi connectivity index (χ3v) is 7.40. The monoisotopic (exact) mass is 583 g/mol. The Morgan fingerprint density at radius 2 is 1.95 bits per heavy atom. The van der Waals surface area contributed by atoms with Crippen LogP contribution in [0.2, 0.25) is 5.02 Å². The Balaban J connectivity index is 1.38. The van der Waals surface area contributed by atoms with Gasteiger partial charge in [-0.05, 0) is 47.2 Å². The third kappa shape index (κ3) is 7.07. The molecule has 1 aromatic heterocycles. The summed E-state index contributed by atoms with van der Waals surface area (Å²) in [7, 11) is 0. The van der Waals surface area contributed by atoms with Crippen molar-refractivity contribution in [3.8, 4) is 28.7 Å². The van der Waals surface area contributed by atoms with Crippen LogP contribution in [0.4, 0.5) is 0 Å². The molecule has 9 heteroatoms. The van der Waals surface area contributed by atoms with Gasteiger partial charge in [-0.3, -0.25) is 9.78 Å². The van der Waals surface area contributed by atoms with Gasteiger partial charge in [0.2, 0.25) is 0 Å². The molecule has 0 radical (unpaired) electrons. The molecule has 1 aliphatic rings. The van der Waals surface area contributed by atoms with Crippen LogP contribution >= 0.6 is 11.6 Å². The molecule has 3 N–H and O–H groups in total. The van der Waals surface area contributed by atoms with Gasteiger partial charge in [0.05, 0.1) is 23.1 Å². The van der Waals surface area contributed by atoms with Gasteiger partial charge < -0.3 is 25.0 Å². The van der Waals surface area contributed by atoms with Crippen LogP contribution in [0.5, 0.6) is 11.5 Å². The minimum absolute atomic E-state index is 0.0817. The topological polar surface area (TPSA) is 125 Å². The van der Waals surface area contributed by atoms with Gasteiger partial charge >= 0.3 is 5.97 Å². The number of halogens is 1. The molecule has 0 aliphatic heterocycles. The number of carboxylic acids is 1. The number of nitrogens with one attached hydrogen (secondary N) is 1. The highest BCUT2D eigenvalue weighted by atomic mass is 35.5. The van der Waals surface area contributed by atoms with Crippen LogP contribution in [0.3, 0.4) is 0 Å². The second-order valence-electron chi connectivity index (χ2n) is 10.1. The fourth-order valence-corrected chi connectivity index (χ4v) is 5.39. The van der Waals surface area contributed by atoms with Crippen molar-refractivity contribution in [3.05, 3.63) is 112 Å². The highest BCUT2D eigenvalue weighted by molar-refractivity contribution is 6.32. The first kappa shape index (κ1) is 29.1. The summed E-state index contributed by atoms with van der Waals surface area (Å²) in [6.07, 6.45) is 3.24. The lowest BCUT2D eigenvalue weighted by molar-refractivity contribution is -0.139. The zero-order chi connectivity index (χ0) is 29.5. The number of carboxylic acid groups (broad SMARTS) is 1. The molecule has 1 heterocycles. The minimum atomic E-state index is -1.07. The summed E-state index contributed by atoms with van der Waals surface area (Å²) in [5.74, 6) is -0.0862. The molecule has 2 atom stereocenters. The number of ether oxygens (including phenoxy) is 2. The van der Waals surface area contributed by atoms with Crippen molar-refractivity contribution in [1.29, 1.82) is 5.26 Å². The highest BCUT2D eigenvalue weighted by Gasteiger charge is 2.27. The molecule has 0 amide bonds. The molecule has 0 saturated heterocycles. The largest absolute Gasteiger partial charge is 0.488 e. The van der Waals surface area contributed by atoms with Crippen LogP contribution in [-0.4, -0.2) is 33.8 Å². The number of aromatic nitrogens is 1. The predicted molar refractivity (Wildman–Crippen MR) is 158 cm³/mol. The highest BCUT2D eigenvalue weighted by Crippen LogP contribution is 2.42. The molecule has 0 fully saturated rings. The first-order valence-corrected chi connectivity index (χ1v) is 14.0. The summed E-state index contributed by atoms with van der Waals surface area (Å²) in [6.45, 7) is 0.512. The molecule has 3 aromatic carbocycles. The van der Waals surface area contributed by atoms with E-state index in [1.807, 2.05) is 18.2 Å². The molecule has 8 nitrogen and oxygen atoms in total. The SMILES string of the molecule is N#Cc1cncc(COc2cc(O[C@@H]3CCc4c(-c5ccccc5)cccc43)c(Cl)cc2CNC[C@@H](O)CC(=O)O)c1. The molecule has 42 heavy (non-hydrogen) atoms. The quantitative estimate of drug-likeness (QED) is 0.190. The molecule has 0 spiro atoms. The van der Waals surface area contributed by atoms with Crippen LogP contribution in [-0.2, 0) is 24.4 Å². The molecule has 1 aliphatic carbocycles. The summed E-state index contributed by atoms with van der Waals surface area (Å²) >= 11 is 6.72. The van der Waals surface area contributed by atoms with Crippen LogP contribution < -0.4 is 14.8 Å². The Hall–Kier alpha value is -4.42. The summed E-state index contributed by atoms with van der Waals surface area (Å²) < 4.78 is 12.7. The Labute approximate surface area is 249 Å². The molecule has 0 saturated carbocycles. The Morgan fingerprint density at radius 3 is 2.74 bits per heavy atom. The first-order chi connectivity index (χ1) is 20.4. The molecule has 214 valence electrons. The van der Waals surface area contributed by atoms with Crippen molar-refractivity contribution < 1.29 is 24.5 Å². The zero-order valence-electron chi connectivity index (χ0n) is 22.8. The van der Waals surface area contributed by atoms with E-state index in [0.717, 1.165) is 24.0 Å². The maximum absolute atomic E-state index is 10.9. The van der Waals surface area contributed by atoms with E-state index in [1.165, 1.54) is 22.9 Å². The number of nitriles is 1. The van der Waals surface area contributed by atoms with Crippen LogP contribution in [0.1, 0.15) is 46.8 Å². The maximum atomic E-state index is 10.9. The minimum Gasteiger partial charge on any atom is -0.488 e. The Kier molecular flexibility index (Phi) is 9.35. The molecular weight excluding hydrogens is 554 g/mol. The number of pyridine rings is 1. The van der Waals surface area contributed by atoms with Crippen molar-refractivity contribution in [2.24, 2.45) is 0 Å². The zero-order valence-corrected chi connectivity index (χ0v) is 23.6. The van der Waals surface area contributed by atoms with Crippen LogP contribution in [0.15, 0.2) is 79.1 Å². The average molecular weight is 584 g/mol. The van der Waals surface area contributed by atoms with Crippen molar-refractivity contribution in [2.75, 3.05) is 6.54 Å². The number of carbonyl (C=O) groups is 1. The number of fused-ring (bicyclic) bond motifs is 1. The number of rotatable bonds is 12. The van der Waals surface area contributed by atoms with E-state index in [-0.39, 0.29) is 32.2 Å². The van der Waals surface area contributed by atoms with E-state index < -0.39 is 12.1 Å². The van der Waals surface area contributed by atoms with E-state index in [4.69, 9.17) is 26.2 Å². The smallest absolute Gasteiger partial charge is 0.306 e. The predicted octanol–water partition coefficient (Wildman–Crippen LogP) is 5.84. The lowest BCUT2D eigenvalue weighted by Crippen LogP contribution is -2.28. The fraction of sp³-hybridized carbons (Fsp3) is 0.242. The van der Waals surface area contributed by atoms with Crippen LogP contribution in [0.25, 0.3) is 11.1 Å². The Morgan fingerprint density at radius 1 is 1.12 bits per heavy atom. The second-order valence-corrected chi connectivity index (χ2v) is 10.5. The van der Waals surface area contributed by atoms with Gasteiger partial charge in [0.15, 0.2) is 0 Å². The van der Waals surface area contributed by atoms with Crippen LogP contribution in [0, 0.1) is 11.3 Å². The van der Waals surface area contributed by atoms with E-state index in [9.17, 15) is 15.2 Å². The van der Waals surface area contributed by atoms with Gasteiger partial charge in [0, 0.05) is 42.7 Å². The van der Waals surface area contributed by atoms with E-state index in [1.54, 1.807) is 24.4 Å². The van der Waals surface area contributed by atoms with Crippen molar-refractivity contribution in [2.45, 2.75) is 44.6 Å². The van der Waals surface area contributed by atoms with E-state index in [0.29, 0.717) is 27.6 Å². The van der Waals surface area contributed by atoms with Gasteiger partial charge in [0.25, 0.3) is 0 Å².